The van der Waals surface area contributed by atoms with E-state index in [1.54, 1.807) is 12.2 Å². The standard InChI is InChI=1S/C69H110O12/c1-4-7-10-13-16-19-22-25-28-30-31-33-35-37-40-43-46-49-52-55-61(70)77-58-60(79-62(71)56-53-50-47-44-41-39-36-32-29-26-23-20-17-14-11-8-5-2)59-78-69-67(65(74)64(73)66(81-69)68(75)76)80-63(72)57-54-51-48-45-42-38-34-27-24-21-18-15-12-9-6-3/h9,12,16-21,25-29,31,33-34,42,45,51,54,60,64-67,69,73-74H,4-8,10-11,13-15,22-24,30,32,35-41,43-44,46-50,52-53,55-59H2,1-3H3,(H,75,76)/b12-9-,19-16-,20-17-,21-18-,28-25-,29-26-,33-31-,34-27-,45-42-,54-51-. The van der Waals surface area contributed by atoms with Crippen LogP contribution in [0.3, 0.4) is 0 Å². The second-order valence-corrected chi connectivity index (χ2v) is 21.0. The zero-order valence-corrected chi connectivity index (χ0v) is 50.5. The number of allylic oxidation sites excluding steroid dienone is 19. The van der Waals surface area contributed by atoms with E-state index in [0.29, 0.717) is 19.3 Å². The molecule has 6 unspecified atom stereocenters. The van der Waals surface area contributed by atoms with Gasteiger partial charge in [-0.3, -0.25) is 14.4 Å². The molecule has 0 aromatic heterocycles. The number of aliphatic hydroxyl groups is 2. The molecule has 1 heterocycles. The lowest BCUT2D eigenvalue weighted by molar-refractivity contribution is -0.301. The summed E-state index contributed by atoms with van der Waals surface area (Å²) in [6.07, 6.45) is 64.7. The lowest BCUT2D eigenvalue weighted by atomic mass is 9.98. The number of unbranched alkanes of at least 4 members (excludes halogenated alkanes) is 19. The number of aliphatic hydroxyl groups excluding tert-OH is 2. The molecule has 0 aromatic rings. The minimum Gasteiger partial charge on any atom is -0.479 e. The van der Waals surface area contributed by atoms with Crippen LogP contribution in [-0.4, -0.2) is 89.2 Å². The molecule has 1 aliphatic heterocycles. The SMILES string of the molecule is CC/C=C\C/C=C\C/C=C\C/C=C\C/C=C\CC(=O)OC1C(OCC(COC(=O)CCCCCCCC/C=C\C/C=C\C/C=C\CCCCC)OC(=O)CCCCCCCCC/C=C\C/C=C\CCCCC)OC(C(=O)O)C(O)C1O. The van der Waals surface area contributed by atoms with E-state index in [1.165, 1.54) is 44.9 Å². The molecule has 458 valence electrons. The minimum atomic E-state index is -1.94. The van der Waals surface area contributed by atoms with Gasteiger partial charge in [0.15, 0.2) is 24.6 Å². The van der Waals surface area contributed by atoms with Gasteiger partial charge in [-0.05, 0) is 116 Å². The summed E-state index contributed by atoms with van der Waals surface area (Å²) in [5.41, 5.74) is 0. The Morgan fingerprint density at radius 3 is 1.25 bits per heavy atom. The molecule has 0 saturated carbocycles. The molecule has 6 atom stereocenters. The monoisotopic (exact) mass is 1130 g/mol. The summed E-state index contributed by atoms with van der Waals surface area (Å²) in [5, 5.41) is 31.5. The van der Waals surface area contributed by atoms with Crippen molar-refractivity contribution in [3.05, 3.63) is 122 Å². The van der Waals surface area contributed by atoms with Crippen LogP contribution in [0.2, 0.25) is 0 Å². The first-order valence-corrected chi connectivity index (χ1v) is 31.5. The number of rotatable bonds is 52. The average Bonchev–Trinajstić information content (AvgIpc) is 3.53. The van der Waals surface area contributed by atoms with Gasteiger partial charge in [0, 0.05) is 12.8 Å². The number of carboxylic acids is 1. The first kappa shape index (κ1) is 74.1. The van der Waals surface area contributed by atoms with Gasteiger partial charge < -0.3 is 39.0 Å². The Balaban J connectivity index is 2.74. The fourth-order valence-corrected chi connectivity index (χ4v) is 8.71. The molecular formula is C69H110O12. The van der Waals surface area contributed by atoms with Crippen molar-refractivity contribution in [2.45, 2.75) is 276 Å². The molecule has 3 N–H and O–H groups in total. The van der Waals surface area contributed by atoms with Crippen molar-refractivity contribution in [3.63, 3.8) is 0 Å². The molecule has 0 bridgehead atoms. The molecule has 0 radical (unpaired) electrons. The van der Waals surface area contributed by atoms with Crippen molar-refractivity contribution in [2.75, 3.05) is 13.2 Å². The fourth-order valence-electron chi connectivity index (χ4n) is 8.71. The summed E-state index contributed by atoms with van der Waals surface area (Å²) in [6, 6.07) is 0. The maximum absolute atomic E-state index is 13.2. The molecule has 0 aromatic carbocycles. The Kier molecular flexibility index (Phi) is 50.9. The third-order valence-corrected chi connectivity index (χ3v) is 13.5. The van der Waals surface area contributed by atoms with E-state index in [9.17, 15) is 34.5 Å². The van der Waals surface area contributed by atoms with Crippen LogP contribution in [-0.2, 0) is 42.9 Å². The Morgan fingerprint density at radius 2 is 0.815 bits per heavy atom. The summed E-state index contributed by atoms with van der Waals surface area (Å²) in [5.74, 6) is -3.32. The molecule has 1 saturated heterocycles. The summed E-state index contributed by atoms with van der Waals surface area (Å²) in [7, 11) is 0. The van der Waals surface area contributed by atoms with Gasteiger partial charge in [-0.2, -0.15) is 0 Å². The number of esters is 3. The normalized spacial score (nSPS) is 18.6. The number of aliphatic carboxylic acids is 1. The van der Waals surface area contributed by atoms with Gasteiger partial charge in [-0.15, -0.1) is 0 Å². The minimum absolute atomic E-state index is 0.134. The van der Waals surface area contributed by atoms with E-state index < -0.39 is 67.3 Å². The Hall–Kier alpha value is -4.88. The van der Waals surface area contributed by atoms with Crippen LogP contribution in [0, 0.1) is 0 Å². The van der Waals surface area contributed by atoms with Gasteiger partial charge in [0.05, 0.1) is 13.0 Å². The fraction of sp³-hybridized carbons (Fsp3) is 0.652. The molecule has 81 heavy (non-hydrogen) atoms. The topological polar surface area (TPSA) is 175 Å². The van der Waals surface area contributed by atoms with Gasteiger partial charge in [0.25, 0.3) is 0 Å². The average molecular weight is 1130 g/mol. The van der Waals surface area contributed by atoms with Crippen LogP contribution in [0.15, 0.2) is 122 Å². The van der Waals surface area contributed by atoms with Gasteiger partial charge in [0.2, 0.25) is 0 Å². The highest BCUT2D eigenvalue weighted by atomic mass is 16.7. The Labute approximate surface area is 490 Å². The molecule has 1 aliphatic rings. The maximum atomic E-state index is 13.2. The van der Waals surface area contributed by atoms with Crippen molar-refractivity contribution in [3.8, 4) is 0 Å². The lowest BCUT2D eigenvalue weighted by Gasteiger charge is -2.40. The molecule has 0 spiro atoms. The third kappa shape index (κ3) is 45.3. The molecule has 1 fully saturated rings. The van der Waals surface area contributed by atoms with Crippen LogP contribution >= 0.6 is 0 Å². The first-order chi connectivity index (χ1) is 39.6. The molecule has 12 nitrogen and oxygen atoms in total. The molecular weight excluding hydrogens is 1020 g/mol. The van der Waals surface area contributed by atoms with Crippen LogP contribution in [0.4, 0.5) is 0 Å². The van der Waals surface area contributed by atoms with Crippen molar-refractivity contribution in [1.82, 2.24) is 0 Å². The van der Waals surface area contributed by atoms with E-state index in [2.05, 4.69) is 118 Å². The van der Waals surface area contributed by atoms with Gasteiger partial charge in [-0.1, -0.05) is 226 Å². The molecule has 0 aliphatic carbocycles. The zero-order valence-electron chi connectivity index (χ0n) is 50.5. The highest BCUT2D eigenvalue weighted by Crippen LogP contribution is 2.26. The summed E-state index contributed by atoms with van der Waals surface area (Å²) < 4.78 is 28.3. The first-order valence-electron chi connectivity index (χ1n) is 31.5. The Morgan fingerprint density at radius 1 is 0.432 bits per heavy atom. The molecule has 12 heteroatoms. The third-order valence-electron chi connectivity index (χ3n) is 13.5. The Bertz CT molecular complexity index is 1870. The van der Waals surface area contributed by atoms with Crippen molar-refractivity contribution in [1.29, 1.82) is 0 Å². The van der Waals surface area contributed by atoms with E-state index in [-0.39, 0.29) is 25.9 Å². The van der Waals surface area contributed by atoms with Crippen molar-refractivity contribution < 1.29 is 58.2 Å². The number of carbonyl (C=O) groups is 4. The second kappa shape index (κ2) is 55.6. The lowest BCUT2D eigenvalue weighted by Crippen LogP contribution is -2.61. The van der Waals surface area contributed by atoms with Crippen LogP contribution in [0.1, 0.15) is 239 Å². The second-order valence-electron chi connectivity index (χ2n) is 21.0. The zero-order chi connectivity index (χ0) is 58.9. The van der Waals surface area contributed by atoms with E-state index in [4.69, 9.17) is 23.7 Å². The molecule has 0 amide bonds. The van der Waals surface area contributed by atoms with E-state index in [1.807, 2.05) is 12.2 Å². The highest BCUT2D eigenvalue weighted by Gasteiger charge is 2.50. The predicted octanol–water partition coefficient (Wildman–Crippen LogP) is 16.8. The van der Waals surface area contributed by atoms with Gasteiger partial charge in [0.1, 0.15) is 18.8 Å². The number of hydrogen-bond donors (Lipinski definition) is 3. The van der Waals surface area contributed by atoms with Gasteiger partial charge >= 0.3 is 23.9 Å². The summed E-state index contributed by atoms with van der Waals surface area (Å²) in [4.78, 5) is 51.2. The van der Waals surface area contributed by atoms with Crippen LogP contribution < -0.4 is 0 Å². The van der Waals surface area contributed by atoms with Crippen molar-refractivity contribution >= 4 is 23.9 Å². The number of ether oxygens (including phenoxy) is 5. The predicted molar refractivity (Wildman–Crippen MR) is 330 cm³/mol. The van der Waals surface area contributed by atoms with Gasteiger partial charge in [-0.25, -0.2) is 4.79 Å². The summed E-state index contributed by atoms with van der Waals surface area (Å²) >= 11 is 0. The van der Waals surface area contributed by atoms with E-state index >= 15 is 0 Å². The summed E-state index contributed by atoms with van der Waals surface area (Å²) in [6.45, 7) is 5.77. The van der Waals surface area contributed by atoms with Crippen LogP contribution in [0.5, 0.6) is 0 Å². The number of hydrogen-bond acceptors (Lipinski definition) is 11. The smallest absolute Gasteiger partial charge is 0.335 e. The van der Waals surface area contributed by atoms with E-state index in [0.717, 1.165) is 135 Å². The van der Waals surface area contributed by atoms with Crippen molar-refractivity contribution in [2.24, 2.45) is 0 Å². The number of carbonyl (C=O) groups excluding carboxylic acids is 3. The highest BCUT2D eigenvalue weighted by molar-refractivity contribution is 5.74. The van der Waals surface area contributed by atoms with Crippen LogP contribution in [0.25, 0.3) is 0 Å². The number of carboxylic acid groups (broad SMARTS) is 1. The largest absolute Gasteiger partial charge is 0.479 e. The maximum Gasteiger partial charge on any atom is 0.335 e. The quantitative estimate of drug-likeness (QED) is 0.0228. The molecule has 1 rings (SSSR count).